The third-order valence-electron chi connectivity index (χ3n) is 5.40. The highest BCUT2D eigenvalue weighted by molar-refractivity contribution is 4.79. The summed E-state index contributed by atoms with van der Waals surface area (Å²) in [5.41, 5.74) is 0. The first-order chi connectivity index (χ1) is 9.40. The van der Waals surface area contributed by atoms with Crippen LogP contribution in [0.3, 0.4) is 0 Å². The molecule has 0 amide bonds. The quantitative estimate of drug-likeness (QED) is 0.836. The van der Waals surface area contributed by atoms with Crippen LogP contribution in [0.2, 0.25) is 0 Å². The standard InChI is InChI=1S/C16H31N3/c1-2-10-18(9-1)14-16-5-11-19(12-6-16)13-15-3-7-17-8-4-15/h15-17H,1-14H2. The van der Waals surface area contributed by atoms with E-state index in [9.17, 15) is 0 Å². The van der Waals surface area contributed by atoms with Gasteiger partial charge in [0.15, 0.2) is 0 Å². The van der Waals surface area contributed by atoms with Crippen LogP contribution >= 0.6 is 0 Å². The zero-order valence-electron chi connectivity index (χ0n) is 12.4. The third kappa shape index (κ3) is 4.17. The van der Waals surface area contributed by atoms with E-state index < -0.39 is 0 Å². The molecule has 3 rings (SSSR count). The summed E-state index contributed by atoms with van der Waals surface area (Å²) < 4.78 is 0. The van der Waals surface area contributed by atoms with E-state index in [1.54, 1.807) is 0 Å². The molecule has 0 aromatic rings. The highest BCUT2D eigenvalue weighted by Crippen LogP contribution is 2.22. The Bertz CT molecular complexity index is 249. The summed E-state index contributed by atoms with van der Waals surface area (Å²) >= 11 is 0. The molecular formula is C16H31N3. The molecule has 0 saturated carbocycles. The summed E-state index contributed by atoms with van der Waals surface area (Å²) in [6, 6.07) is 0. The summed E-state index contributed by atoms with van der Waals surface area (Å²) in [6.07, 6.45) is 8.56. The van der Waals surface area contributed by atoms with E-state index in [-0.39, 0.29) is 0 Å². The first-order valence-electron chi connectivity index (χ1n) is 8.55. The fraction of sp³-hybridized carbons (Fsp3) is 1.00. The number of rotatable bonds is 4. The van der Waals surface area contributed by atoms with Gasteiger partial charge in [0.2, 0.25) is 0 Å². The molecule has 0 unspecified atom stereocenters. The maximum atomic E-state index is 3.48. The van der Waals surface area contributed by atoms with Crippen molar-refractivity contribution in [3.05, 3.63) is 0 Å². The lowest BCUT2D eigenvalue weighted by Crippen LogP contribution is -2.42. The second-order valence-electron chi connectivity index (χ2n) is 6.95. The number of hydrogen-bond donors (Lipinski definition) is 1. The molecule has 3 saturated heterocycles. The monoisotopic (exact) mass is 265 g/mol. The predicted octanol–water partition coefficient (Wildman–Crippen LogP) is 1.79. The van der Waals surface area contributed by atoms with Crippen molar-refractivity contribution in [2.24, 2.45) is 11.8 Å². The molecule has 3 fully saturated rings. The smallest absolute Gasteiger partial charge is 0.00106 e. The molecule has 0 aromatic carbocycles. The van der Waals surface area contributed by atoms with Crippen LogP contribution in [0.15, 0.2) is 0 Å². The van der Waals surface area contributed by atoms with Gasteiger partial charge in [0, 0.05) is 13.1 Å². The largest absolute Gasteiger partial charge is 0.317 e. The van der Waals surface area contributed by atoms with Crippen LogP contribution in [0.4, 0.5) is 0 Å². The number of piperidine rings is 2. The molecule has 0 radical (unpaired) electrons. The second-order valence-corrected chi connectivity index (χ2v) is 6.95. The Morgan fingerprint density at radius 2 is 1.21 bits per heavy atom. The van der Waals surface area contributed by atoms with Gasteiger partial charge in [-0.25, -0.2) is 0 Å². The molecule has 0 bridgehead atoms. The van der Waals surface area contributed by atoms with Crippen molar-refractivity contribution in [1.29, 1.82) is 0 Å². The normalized spacial score (nSPS) is 29.1. The van der Waals surface area contributed by atoms with Gasteiger partial charge in [-0.1, -0.05) is 0 Å². The fourth-order valence-electron chi connectivity index (χ4n) is 4.11. The van der Waals surface area contributed by atoms with Crippen LogP contribution in [-0.4, -0.2) is 62.2 Å². The minimum atomic E-state index is 0.969. The van der Waals surface area contributed by atoms with Gasteiger partial charge in [0.25, 0.3) is 0 Å². The van der Waals surface area contributed by atoms with E-state index in [0.29, 0.717) is 0 Å². The number of nitrogens with zero attached hydrogens (tertiary/aromatic N) is 2. The average molecular weight is 265 g/mol. The van der Waals surface area contributed by atoms with Gasteiger partial charge in [0.1, 0.15) is 0 Å². The van der Waals surface area contributed by atoms with Crippen molar-refractivity contribution in [1.82, 2.24) is 15.1 Å². The Kier molecular flexibility index (Phi) is 5.14. The molecule has 3 aliphatic rings. The summed E-state index contributed by atoms with van der Waals surface area (Å²) in [7, 11) is 0. The topological polar surface area (TPSA) is 18.5 Å². The van der Waals surface area contributed by atoms with Crippen molar-refractivity contribution in [3.63, 3.8) is 0 Å². The first kappa shape index (κ1) is 13.8. The van der Waals surface area contributed by atoms with E-state index in [4.69, 9.17) is 0 Å². The Morgan fingerprint density at radius 3 is 1.84 bits per heavy atom. The van der Waals surface area contributed by atoms with Gasteiger partial charge in [-0.15, -0.1) is 0 Å². The molecule has 19 heavy (non-hydrogen) atoms. The maximum Gasteiger partial charge on any atom is 0.00106 e. The molecule has 3 aliphatic heterocycles. The molecular weight excluding hydrogens is 234 g/mol. The SMILES string of the molecule is C1CCN(CC2CCN(CC3CCNCC3)CC2)C1. The van der Waals surface area contributed by atoms with E-state index in [0.717, 1.165) is 11.8 Å². The number of nitrogens with one attached hydrogen (secondary N) is 1. The van der Waals surface area contributed by atoms with Gasteiger partial charge >= 0.3 is 0 Å². The van der Waals surface area contributed by atoms with E-state index in [2.05, 4.69) is 15.1 Å². The number of hydrogen-bond acceptors (Lipinski definition) is 3. The molecule has 3 heterocycles. The zero-order valence-corrected chi connectivity index (χ0v) is 12.4. The molecule has 0 spiro atoms. The zero-order chi connectivity index (χ0) is 12.9. The van der Waals surface area contributed by atoms with Crippen molar-refractivity contribution in [2.75, 3.05) is 52.4 Å². The molecule has 3 heteroatoms. The average Bonchev–Trinajstić information content (AvgIpc) is 2.95. The lowest BCUT2D eigenvalue weighted by Gasteiger charge is -2.36. The molecule has 110 valence electrons. The van der Waals surface area contributed by atoms with E-state index in [1.807, 2.05) is 0 Å². The first-order valence-corrected chi connectivity index (χ1v) is 8.55. The van der Waals surface area contributed by atoms with Crippen LogP contribution in [-0.2, 0) is 0 Å². The highest BCUT2D eigenvalue weighted by Gasteiger charge is 2.24. The van der Waals surface area contributed by atoms with E-state index in [1.165, 1.54) is 90.9 Å². The van der Waals surface area contributed by atoms with Crippen molar-refractivity contribution in [3.8, 4) is 0 Å². The predicted molar refractivity (Wildman–Crippen MR) is 80.4 cm³/mol. The van der Waals surface area contributed by atoms with Crippen molar-refractivity contribution >= 4 is 0 Å². The third-order valence-corrected chi connectivity index (χ3v) is 5.40. The Balaban J connectivity index is 1.34. The molecule has 0 aliphatic carbocycles. The lowest BCUT2D eigenvalue weighted by molar-refractivity contribution is 0.130. The lowest BCUT2D eigenvalue weighted by atomic mass is 9.93. The van der Waals surface area contributed by atoms with Gasteiger partial charge in [-0.3, -0.25) is 0 Å². The van der Waals surface area contributed by atoms with Crippen LogP contribution in [0.25, 0.3) is 0 Å². The highest BCUT2D eigenvalue weighted by atomic mass is 15.2. The summed E-state index contributed by atoms with van der Waals surface area (Å²) in [5.74, 6) is 1.96. The van der Waals surface area contributed by atoms with Crippen LogP contribution in [0.5, 0.6) is 0 Å². The Morgan fingerprint density at radius 1 is 0.684 bits per heavy atom. The second kappa shape index (κ2) is 7.05. The van der Waals surface area contributed by atoms with Crippen molar-refractivity contribution < 1.29 is 0 Å². The molecule has 0 aromatic heterocycles. The molecule has 0 atom stereocenters. The van der Waals surface area contributed by atoms with E-state index >= 15 is 0 Å². The van der Waals surface area contributed by atoms with Gasteiger partial charge in [0.05, 0.1) is 0 Å². The minimum Gasteiger partial charge on any atom is -0.317 e. The molecule has 1 N–H and O–H groups in total. The fourth-order valence-corrected chi connectivity index (χ4v) is 4.11. The molecule has 3 nitrogen and oxygen atoms in total. The summed E-state index contributed by atoms with van der Waals surface area (Å²) in [6.45, 7) is 10.7. The van der Waals surface area contributed by atoms with Crippen LogP contribution in [0, 0.1) is 11.8 Å². The summed E-state index contributed by atoms with van der Waals surface area (Å²) in [4.78, 5) is 5.45. The Labute approximate surface area is 118 Å². The van der Waals surface area contributed by atoms with Gasteiger partial charge in [-0.2, -0.15) is 0 Å². The van der Waals surface area contributed by atoms with Crippen molar-refractivity contribution in [2.45, 2.75) is 38.5 Å². The Hall–Kier alpha value is -0.120. The van der Waals surface area contributed by atoms with Gasteiger partial charge < -0.3 is 15.1 Å². The van der Waals surface area contributed by atoms with Gasteiger partial charge in [-0.05, 0) is 89.6 Å². The number of likely N-dealkylation sites (tertiary alicyclic amines) is 2. The van der Waals surface area contributed by atoms with Crippen LogP contribution in [0.1, 0.15) is 38.5 Å². The summed E-state index contributed by atoms with van der Waals surface area (Å²) in [5, 5.41) is 3.48. The maximum absolute atomic E-state index is 3.48. The minimum absolute atomic E-state index is 0.969. The van der Waals surface area contributed by atoms with Crippen LogP contribution < -0.4 is 5.32 Å².